The first-order valence-corrected chi connectivity index (χ1v) is 24.0. The number of carbonyl (C=O) groups is 1. The zero-order valence-electron chi connectivity index (χ0n) is 39.1. The highest BCUT2D eigenvalue weighted by Crippen LogP contribution is 2.52. The first-order valence-electron chi connectivity index (χ1n) is 22.8. The van der Waals surface area contributed by atoms with Gasteiger partial charge in [0.1, 0.15) is 41.7 Å². The minimum absolute atomic E-state index is 0.00299. The molecule has 2 aliphatic heterocycles. The molecule has 6 aromatic rings. The molecule has 2 saturated heterocycles. The highest BCUT2D eigenvalue weighted by Gasteiger charge is 2.53. The highest BCUT2D eigenvalue weighted by molar-refractivity contribution is 7.44. The van der Waals surface area contributed by atoms with E-state index in [1.54, 1.807) is 49.4 Å². The van der Waals surface area contributed by atoms with Crippen molar-refractivity contribution in [3.05, 3.63) is 144 Å². The summed E-state index contributed by atoms with van der Waals surface area (Å²) >= 11 is 0. The molecule has 0 saturated carbocycles. The molecular formula is C51H58N7O9P. The van der Waals surface area contributed by atoms with Gasteiger partial charge in [0, 0.05) is 30.7 Å². The number of fused-ring (bicyclic) bond motifs is 1. The summed E-state index contributed by atoms with van der Waals surface area (Å²) < 4.78 is 56.9. The summed E-state index contributed by atoms with van der Waals surface area (Å²) in [4.78, 5) is 27.2. The van der Waals surface area contributed by atoms with E-state index >= 15 is 0 Å². The van der Waals surface area contributed by atoms with Crippen molar-refractivity contribution < 1.29 is 42.3 Å². The second kappa shape index (κ2) is 22.5. The average Bonchev–Trinajstić information content (AvgIpc) is 4.13. The Morgan fingerprint density at radius 2 is 1.50 bits per heavy atom. The van der Waals surface area contributed by atoms with E-state index in [2.05, 4.69) is 53.7 Å². The molecule has 2 aliphatic rings. The van der Waals surface area contributed by atoms with Crippen LogP contribution in [0.15, 0.2) is 122 Å². The number of carbonyl (C=O) groups excluding carboxylic acids is 1. The van der Waals surface area contributed by atoms with E-state index in [4.69, 9.17) is 42.5 Å². The number of ether oxygens (including phenoxy) is 6. The molecule has 356 valence electrons. The SMILES string of the molecule is COc1ccc(C(OC[C@H]2O[C@@H](n3cnc4c(NC(=O)c5ccccc5)ncnc43)[C@H](OC3CCCO3)[C@@H]2OP(OCCC#N)N(C(C)C)C(C)C)(c2ccccc2)c2ccc(OC)cc2)cc1. The molecule has 1 N–H and O–H groups in total. The quantitative estimate of drug-likeness (QED) is 0.0411. The van der Waals surface area contributed by atoms with Gasteiger partial charge >= 0.3 is 0 Å². The normalized spacial score (nSPS) is 20.0. The Balaban J connectivity index is 1.26. The number of anilines is 1. The van der Waals surface area contributed by atoms with E-state index in [1.807, 2.05) is 84.9 Å². The van der Waals surface area contributed by atoms with Crippen LogP contribution in [0.5, 0.6) is 11.5 Å². The van der Waals surface area contributed by atoms with Gasteiger partial charge in [-0.15, -0.1) is 0 Å². The minimum atomic E-state index is -1.83. The molecule has 2 unspecified atom stereocenters. The van der Waals surface area contributed by atoms with Crippen LogP contribution >= 0.6 is 8.53 Å². The Hall–Kier alpha value is -5.86. The molecule has 0 radical (unpaired) electrons. The number of imidazole rings is 1. The number of aromatic nitrogens is 4. The largest absolute Gasteiger partial charge is 0.497 e. The number of amides is 1. The fourth-order valence-corrected chi connectivity index (χ4v) is 10.5. The molecule has 17 heteroatoms. The van der Waals surface area contributed by atoms with Gasteiger partial charge in [-0.05, 0) is 87.2 Å². The van der Waals surface area contributed by atoms with Crippen molar-refractivity contribution in [1.29, 1.82) is 5.26 Å². The molecule has 2 fully saturated rings. The molecular weight excluding hydrogens is 886 g/mol. The standard InChI is InChI=1S/C51H58N7O9P/c1-34(2)58(35(3)4)68(64-30-14-28-52)67-45-42(31-63-51(37-17-11-8-12-18-37,38-20-24-40(60-5)25-21-38)39-22-26-41(61-6)27-23-39)65-50(46(45)66-43-19-13-29-62-43)57-33-55-44-47(53-32-54-48(44)57)56-49(59)36-15-9-7-10-16-36/h7-12,15-18,20-27,32-35,42-43,45-46,50H,13-14,19,29-31H2,1-6H3,(H,53,54,56,59)/t42-,43?,45-,46-,50-,68?/m1/s1. The van der Waals surface area contributed by atoms with Crippen LogP contribution < -0.4 is 14.8 Å². The summed E-state index contributed by atoms with van der Waals surface area (Å²) in [6.45, 7) is 9.02. The summed E-state index contributed by atoms with van der Waals surface area (Å²) in [5, 5.41) is 12.5. The predicted octanol–water partition coefficient (Wildman–Crippen LogP) is 9.18. The Bertz CT molecular complexity index is 2540. The van der Waals surface area contributed by atoms with Gasteiger partial charge < -0.3 is 42.8 Å². The smallest absolute Gasteiger partial charge is 0.259 e. The first-order chi connectivity index (χ1) is 33.1. The molecule has 16 nitrogen and oxygen atoms in total. The maximum atomic E-state index is 13.4. The second-order valence-electron chi connectivity index (χ2n) is 16.9. The molecule has 1 amide bonds. The summed E-state index contributed by atoms with van der Waals surface area (Å²) in [5.41, 5.74) is 2.55. The summed E-state index contributed by atoms with van der Waals surface area (Å²) in [7, 11) is 1.45. The van der Waals surface area contributed by atoms with Crippen LogP contribution in [0.2, 0.25) is 0 Å². The molecule has 0 bridgehead atoms. The van der Waals surface area contributed by atoms with Crippen LogP contribution in [0, 0.1) is 11.3 Å². The Labute approximate surface area is 398 Å². The Morgan fingerprint density at radius 3 is 2.09 bits per heavy atom. The van der Waals surface area contributed by atoms with Crippen LogP contribution in [0.3, 0.4) is 0 Å². The fourth-order valence-electron chi connectivity index (χ4n) is 8.75. The van der Waals surface area contributed by atoms with Crippen molar-refractivity contribution in [1.82, 2.24) is 24.2 Å². The maximum Gasteiger partial charge on any atom is 0.259 e. The van der Waals surface area contributed by atoms with Crippen LogP contribution in [0.4, 0.5) is 5.82 Å². The Kier molecular flexibility index (Phi) is 16.1. The average molecular weight is 944 g/mol. The van der Waals surface area contributed by atoms with Crippen LogP contribution in [0.25, 0.3) is 11.2 Å². The number of methoxy groups -OCH3 is 2. The van der Waals surface area contributed by atoms with Crippen molar-refractivity contribution in [3.8, 4) is 17.6 Å². The summed E-state index contributed by atoms with van der Waals surface area (Å²) in [6.07, 6.45) is 0.625. The third kappa shape index (κ3) is 10.6. The molecule has 8 rings (SSSR count). The first kappa shape index (κ1) is 48.6. The fraction of sp³-hybridized carbons (Fsp3) is 0.392. The van der Waals surface area contributed by atoms with Crippen molar-refractivity contribution in [3.63, 3.8) is 0 Å². The van der Waals surface area contributed by atoms with Gasteiger partial charge in [0.2, 0.25) is 0 Å². The highest BCUT2D eigenvalue weighted by atomic mass is 31.2. The third-order valence-corrected chi connectivity index (χ3v) is 14.0. The van der Waals surface area contributed by atoms with Gasteiger partial charge in [0.15, 0.2) is 29.5 Å². The molecule has 2 aromatic heterocycles. The van der Waals surface area contributed by atoms with Gasteiger partial charge in [-0.1, -0.05) is 72.8 Å². The number of hydrogen-bond donors (Lipinski definition) is 1. The summed E-state index contributed by atoms with van der Waals surface area (Å²) in [5.74, 6) is 1.27. The molecule has 6 atom stereocenters. The van der Waals surface area contributed by atoms with Crippen LogP contribution in [-0.4, -0.2) is 101 Å². The zero-order chi connectivity index (χ0) is 47.6. The number of nitrogens with one attached hydrogen (secondary N) is 1. The van der Waals surface area contributed by atoms with E-state index < -0.39 is 45.0 Å². The lowest BCUT2D eigenvalue weighted by atomic mass is 9.80. The molecule has 68 heavy (non-hydrogen) atoms. The van der Waals surface area contributed by atoms with Crippen molar-refractivity contribution >= 4 is 31.4 Å². The molecule has 4 heterocycles. The zero-order valence-corrected chi connectivity index (χ0v) is 40.0. The van der Waals surface area contributed by atoms with Gasteiger partial charge in [0.25, 0.3) is 14.4 Å². The monoisotopic (exact) mass is 943 g/mol. The van der Waals surface area contributed by atoms with Crippen LogP contribution in [0.1, 0.15) is 80.2 Å². The van der Waals surface area contributed by atoms with Crippen molar-refractivity contribution in [2.45, 2.75) is 95.5 Å². The van der Waals surface area contributed by atoms with Crippen LogP contribution in [-0.2, 0) is 33.6 Å². The predicted molar refractivity (Wildman–Crippen MR) is 256 cm³/mol. The molecule has 0 aliphatic carbocycles. The minimum Gasteiger partial charge on any atom is -0.497 e. The number of rotatable bonds is 21. The van der Waals surface area contributed by atoms with E-state index in [0.29, 0.717) is 41.3 Å². The number of hydrogen-bond acceptors (Lipinski definition) is 14. The van der Waals surface area contributed by atoms with E-state index in [-0.39, 0.29) is 43.4 Å². The van der Waals surface area contributed by atoms with E-state index in [9.17, 15) is 10.1 Å². The van der Waals surface area contributed by atoms with Crippen molar-refractivity contribution in [2.75, 3.05) is 39.4 Å². The lowest BCUT2D eigenvalue weighted by Gasteiger charge is -2.39. The van der Waals surface area contributed by atoms with E-state index in [0.717, 1.165) is 23.1 Å². The molecule has 4 aromatic carbocycles. The number of nitrogens with zero attached hydrogens (tertiary/aromatic N) is 6. The van der Waals surface area contributed by atoms with Gasteiger partial charge in [-0.3, -0.25) is 9.36 Å². The lowest BCUT2D eigenvalue weighted by molar-refractivity contribution is -0.180. The third-order valence-electron chi connectivity index (χ3n) is 11.9. The maximum absolute atomic E-state index is 13.4. The van der Waals surface area contributed by atoms with Gasteiger partial charge in [-0.2, -0.15) is 5.26 Å². The lowest BCUT2D eigenvalue weighted by Crippen LogP contribution is -2.43. The molecule has 0 spiro atoms. The summed E-state index contributed by atoms with van der Waals surface area (Å²) in [6, 6.07) is 36.8. The second-order valence-corrected chi connectivity index (χ2v) is 18.3. The number of nitriles is 1. The van der Waals surface area contributed by atoms with Crippen molar-refractivity contribution in [2.24, 2.45) is 0 Å². The van der Waals surface area contributed by atoms with Gasteiger partial charge in [-0.25, -0.2) is 19.6 Å². The number of benzene rings is 4. The topological polar surface area (TPSA) is 174 Å². The Morgan fingerprint density at radius 1 is 0.868 bits per heavy atom. The van der Waals surface area contributed by atoms with E-state index in [1.165, 1.54) is 6.33 Å². The van der Waals surface area contributed by atoms with Gasteiger partial charge in [0.05, 0.1) is 46.3 Å².